The number of hydrogen-bond donors (Lipinski definition) is 0. The second-order valence-electron chi connectivity index (χ2n) is 3.38. The highest BCUT2D eigenvalue weighted by Crippen LogP contribution is 2.09. The van der Waals surface area contributed by atoms with Crippen LogP contribution >= 0.6 is 0 Å². The Labute approximate surface area is 78.9 Å². The molecule has 0 aliphatic carbocycles. The third-order valence-corrected chi connectivity index (χ3v) is 1.76. The fourth-order valence-electron chi connectivity index (χ4n) is 0.921. The van der Waals surface area contributed by atoms with Gasteiger partial charge in [-0.1, -0.05) is 6.92 Å². The summed E-state index contributed by atoms with van der Waals surface area (Å²) in [5.74, 6) is -0.183. The van der Waals surface area contributed by atoms with Crippen molar-refractivity contribution >= 4 is 11.9 Å². The molecule has 4 nitrogen and oxygen atoms in total. The van der Waals surface area contributed by atoms with E-state index >= 15 is 0 Å². The molecule has 0 saturated carbocycles. The van der Waals surface area contributed by atoms with E-state index in [9.17, 15) is 9.59 Å². The topological polar surface area (TPSA) is 46.6 Å². The molecule has 0 aromatic carbocycles. The molecule has 1 atom stereocenters. The number of hydrogen-bond acceptors (Lipinski definition) is 3. The fourth-order valence-corrected chi connectivity index (χ4v) is 0.921. The van der Waals surface area contributed by atoms with Crippen molar-refractivity contribution in [3.63, 3.8) is 0 Å². The Hall–Kier alpha value is -1.06. The zero-order valence-corrected chi connectivity index (χ0v) is 8.66. The van der Waals surface area contributed by atoms with Crippen LogP contribution in [0, 0.1) is 5.92 Å². The van der Waals surface area contributed by atoms with E-state index in [4.69, 9.17) is 0 Å². The number of carbonyl (C=O) groups is 2. The molecule has 0 spiro atoms. The van der Waals surface area contributed by atoms with Crippen LogP contribution in [0.4, 0.5) is 0 Å². The number of amides is 1. The van der Waals surface area contributed by atoms with E-state index < -0.39 is 0 Å². The Morgan fingerprint density at radius 3 is 2.23 bits per heavy atom. The minimum atomic E-state index is -0.265. The molecule has 0 aromatic rings. The van der Waals surface area contributed by atoms with E-state index in [2.05, 4.69) is 4.74 Å². The molecule has 1 unspecified atom stereocenters. The summed E-state index contributed by atoms with van der Waals surface area (Å²) in [4.78, 5) is 23.5. The van der Waals surface area contributed by atoms with Crippen molar-refractivity contribution < 1.29 is 14.3 Å². The van der Waals surface area contributed by atoms with E-state index in [0.717, 1.165) is 0 Å². The van der Waals surface area contributed by atoms with Gasteiger partial charge in [0.1, 0.15) is 0 Å². The van der Waals surface area contributed by atoms with Crippen LogP contribution < -0.4 is 0 Å². The third-order valence-electron chi connectivity index (χ3n) is 1.76. The normalized spacial score (nSPS) is 12.0. The number of nitrogens with zero attached hydrogens (tertiary/aromatic N) is 1. The molecule has 0 saturated heterocycles. The number of ether oxygens (including phenoxy) is 1. The van der Waals surface area contributed by atoms with Gasteiger partial charge in [-0.05, 0) is 5.92 Å². The molecule has 0 aliphatic heterocycles. The summed E-state index contributed by atoms with van der Waals surface area (Å²) in [5, 5.41) is 0. The van der Waals surface area contributed by atoms with E-state index in [1.807, 2.05) is 6.92 Å². The van der Waals surface area contributed by atoms with Crippen LogP contribution in [0.3, 0.4) is 0 Å². The van der Waals surface area contributed by atoms with E-state index in [-0.39, 0.29) is 17.8 Å². The lowest BCUT2D eigenvalue weighted by atomic mass is 10.0. The van der Waals surface area contributed by atoms with Crippen molar-refractivity contribution in [3.05, 3.63) is 0 Å². The maximum absolute atomic E-state index is 11.2. The van der Waals surface area contributed by atoms with Gasteiger partial charge in [0, 0.05) is 26.9 Å². The predicted octanol–water partition coefficient (Wildman–Crippen LogP) is 0.664. The number of esters is 1. The highest BCUT2D eigenvalue weighted by atomic mass is 16.5. The van der Waals surface area contributed by atoms with Crippen LogP contribution in [0.5, 0.6) is 0 Å². The predicted molar refractivity (Wildman–Crippen MR) is 49.1 cm³/mol. The molecule has 0 bridgehead atoms. The van der Waals surface area contributed by atoms with Crippen LogP contribution in [0.15, 0.2) is 0 Å². The first-order valence-electron chi connectivity index (χ1n) is 4.24. The molecule has 0 rings (SSSR count). The van der Waals surface area contributed by atoms with Gasteiger partial charge in [0.15, 0.2) is 0 Å². The minimum Gasteiger partial charge on any atom is -0.469 e. The van der Waals surface area contributed by atoms with Gasteiger partial charge in [-0.3, -0.25) is 9.59 Å². The standard InChI is InChI=1S/C9H17NO3/c1-7(6-9(12)13-4)5-8(11)10(2)3/h7H,5-6H2,1-4H3. The van der Waals surface area contributed by atoms with Gasteiger partial charge in [-0.25, -0.2) is 0 Å². The molecule has 0 aliphatic rings. The highest BCUT2D eigenvalue weighted by molar-refractivity contribution is 5.77. The van der Waals surface area contributed by atoms with Crippen LogP contribution in [0.2, 0.25) is 0 Å². The van der Waals surface area contributed by atoms with Crippen molar-refractivity contribution in [2.75, 3.05) is 21.2 Å². The van der Waals surface area contributed by atoms with E-state index in [0.29, 0.717) is 12.8 Å². The first-order valence-corrected chi connectivity index (χ1v) is 4.24. The SMILES string of the molecule is COC(=O)CC(C)CC(=O)N(C)C. The summed E-state index contributed by atoms with van der Waals surface area (Å²) in [6.45, 7) is 1.86. The first kappa shape index (κ1) is 11.9. The lowest BCUT2D eigenvalue weighted by molar-refractivity contribution is -0.141. The first-order chi connectivity index (χ1) is 5.97. The third kappa shape index (κ3) is 5.22. The maximum Gasteiger partial charge on any atom is 0.305 e. The average molecular weight is 187 g/mol. The molecule has 0 aromatic heterocycles. The maximum atomic E-state index is 11.2. The van der Waals surface area contributed by atoms with E-state index in [1.54, 1.807) is 14.1 Å². The smallest absolute Gasteiger partial charge is 0.305 e. The molecule has 0 fully saturated rings. The van der Waals surface area contributed by atoms with Crippen LogP contribution in [0.25, 0.3) is 0 Å². The van der Waals surface area contributed by atoms with Gasteiger partial charge < -0.3 is 9.64 Å². The summed E-state index contributed by atoms with van der Waals surface area (Å²) in [7, 11) is 4.75. The Morgan fingerprint density at radius 2 is 1.85 bits per heavy atom. The summed E-state index contributed by atoms with van der Waals surface area (Å²) >= 11 is 0. The summed E-state index contributed by atoms with van der Waals surface area (Å²) in [6, 6.07) is 0. The number of carbonyl (C=O) groups excluding carboxylic acids is 2. The molecule has 13 heavy (non-hydrogen) atoms. The fraction of sp³-hybridized carbons (Fsp3) is 0.778. The van der Waals surface area contributed by atoms with Gasteiger partial charge in [0.25, 0.3) is 0 Å². The average Bonchev–Trinajstić information content (AvgIpc) is 2.03. The van der Waals surface area contributed by atoms with Crippen molar-refractivity contribution in [2.45, 2.75) is 19.8 Å². The van der Waals surface area contributed by atoms with Gasteiger partial charge in [0.05, 0.1) is 7.11 Å². The zero-order valence-electron chi connectivity index (χ0n) is 8.66. The van der Waals surface area contributed by atoms with Crippen molar-refractivity contribution in [3.8, 4) is 0 Å². The van der Waals surface area contributed by atoms with Crippen LogP contribution in [-0.2, 0) is 14.3 Å². The summed E-state index contributed by atoms with van der Waals surface area (Å²) < 4.78 is 4.50. The van der Waals surface area contributed by atoms with Gasteiger partial charge in [-0.15, -0.1) is 0 Å². The quantitative estimate of drug-likeness (QED) is 0.607. The molecule has 0 heterocycles. The van der Waals surface area contributed by atoms with Crippen molar-refractivity contribution in [2.24, 2.45) is 5.92 Å². The van der Waals surface area contributed by atoms with Crippen molar-refractivity contribution in [1.82, 2.24) is 4.90 Å². The minimum absolute atomic E-state index is 0.0383. The Morgan fingerprint density at radius 1 is 1.31 bits per heavy atom. The second-order valence-corrected chi connectivity index (χ2v) is 3.38. The molecular formula is C9H17NO3. The molecule has 76 valence electrons. The highest BCUT2D eigenvalue weighted by Gasteiger charge is 2.14. The molecule has 0 N–H and O–H groups in total. The second kappa shape index (κ2) is 5.56. The van der Waals surface area contributed by atoms with E-state index in [1.165, 1.54) is 12.0 Å². The Kier molecular flexibility index (Phi) is 5.11. The monoisotopic (exact) mass is 187 g/mol. The van der Waals surface area contributed by atoms with Crippen molar-refractivity contribution in [1.29, 1.82) is 0 Å². The van der Waals surface area contributed by atoms with Crippen LogP contribution in [-0.4, -0.2) is 38.0 Å². The van der Waals surface area contributed by atoms with Gasteiger partial charge in [-0.2, -0.15) is 0 Å². The number of rotatable bonds is 4. The number of methoxy groups -OCH3 is 1. The summed E-state index contributed by atoms with van der Waals surface area (Å²) in [6.07, 6.45) is 0.693. The van der Waals surface area contributed by atoms with Gasteiger partial charge in [0.2, 0.25) is 5.91 Å². The lowest BCUT2D eigenvalue weighted by Crippen LogP contribution is -2.24. The molecule has 0 radical (unpaired) electrons. The Bertz CT molecular complexity index is 189. The zero-order chi connectivity index (χ0) is 10.4. The molecular weight excluding hydrogens is 170 g/mol. The van der Waals surface area contributed by atoms with Gasteiger partial charge >= 0.3 is 5.97 Å². The Balaban J connectivity index is 3.80. The molecule has 4 heteroatoms. The lowest BCUT2D eigenvalue weighted by Gasteiger charge is -2.13. The molecule has 1 amide bonds. The largest absolute Gasteiger partial charge is 0.469 e. The van der Waals surface area contributed by atoms with Crippen LogP contribution in [0.1, 0.15) is 19.8 Å². The summed E-state index contributed by atoms with van der Waals surface area (Å²) in [5.41, 5.74) is 0.